The lowest BCUT2D eigenvalue weighted by Gasteiger charge is -2.45. The SMILES string of the molecule is CC(F)(F)C1(C)CCC(N(N)C2CCCCC2)CC1. The van der Waals surface area contributed by atoms with Gasteiger partial charge in [0.05, 0.1) is 0 Å². The first-order valence-corrected chi connectivity index (χ1v) is 7.74. The van der Waals surface area contributed by atoms with E-state index in [1.54, 1.807) is 6.92 Å². The van der Waals surface area contributed by atoms with Crippen molar-refractivity contribution in [2.24, 2.45) is 11.3 Å². The number of nitrogens with two attached hydrogens (primary N) is 1. The molecule has 0 bridgehead atoms. The summed E-state index contributed by atoms with van der Waals surface area (Å²) in [6, 6.07) is 0.781. The number of nitrogens with zero attached hydrogens (tertiary/aromatic N) is 1. The summed E-state index contributed by atoms with van der Waals surface area (Å²) in [6.45, 7) is 2.79. The predicted molar refractivity (Wildman–Crippen MR) is 73.9 cm³/mol. The van der Waals surface area contributed by atoms with Gasteiger partial charge in [-0.25, -0.2) is 13.8 Å². The van der Waals surface area contributed by atoms with Crippen molar-refractivity contribution in [3.05, 3.63) is 0 Å². The number of hydrazine groups is 1. The van der Waals surface area contributed by atoms with Crippen molar-refractivity contribution in [3.8, 4) is 0 Å². The van der Waals surface area contributed by atoms with Crippen LogP contribution in [0.2, 0.25) is 0 Å². The molecule has 2 aliphatic carbocycles. The highest BCUT2D eigenvalue weighted by Crippen LogP contribution is 2.48. The van der Waals surface area contributed by atoms with Gasteiger partial charge in [-0.1, -0.05) is 26.2 Å². The fourth-order valence-corrected chi connectivity index (χ4v) is 3.65. The Labute approximate surface area is 115 Å². The molecule has 0 atom stereocenters. The Morgan fingerprint density at radius 1 is 1.00 bits per heavy atom. The van der Waals surface area contributed by atoms with Gasteiger partial charge < -0.3 is 0 Å². The van der Waals surface area contributed by atoms with E-state index in [-0.39, 0.29) is 0 Å². The summed E-state index contributed by atoms with van der Waals surface area (Å²) in [5.41, 5.74) is -0.836. The molecule has 2 rings (SSSR count). The van der Waals surface area contributed by atoms with Crippen molar-refractivity contribution in [1.82, 2.24) is 5.01 Å². The number of alkyl halides is 2. The van der Waals surface area contributed by atoms with E-state index in [0.717, 1.165) is 19.8 Å². The average Bonchev–Trinajstić information content (AvgIpc) is 2.39. The van der Waals surface area contributed by atoms with E-state index in [2.05, 4.69) is 0 Å². The molecule has 0 aromatic rings. The molecule has 0 spiro atoms. The Morgan fingerprint density at radius 3 is 1.95 bits per heavy atom. The molecule has 2 fully saturated rings. The summed E-state index contributed by atoms with van der Waals surface area (Å²) in [6.07, 6.45) is 8.98. The normalized spacial score (nSPS) is 34.7. The van der Waals surface area contributed by atoms with Crippen molar-refractivity contribution >= 4 is 0 Å². The molecule has 0 radical (unpaired) electrons. The van der Waals surface area contributed by atoms with E-state index in [9.17, 15) is 8.78 Å². The second kappa shape index (κ2) is 5.65. The first-order chi connectivity index (χ1) is 8.83. The topological polar surface area (TPSA) is 29.3 Å². The van der Waals surface area contributed by atoms with Gasteiger partial charge >= 0.3 is 0 Å². The molecule has 0 unspecified atom stereocenters. The number of halogens is 2. The fraction of sp³-hybridized carbons (Fsp3) is 1.00. The second-order valence-corrected chi connectivity index (χ2v) is 6.92. The maximum Gasteiger partial charge on any atom is 0.250 e. The molecule has 0 amide bonds. The number of hydrogen-bond donors (Lipinski definition) is 1. The number of hydrogen-bond acceptors (Lipinski definition) is 2. The third-order valence-corrected chi connectivity index (χ3v) is 5.54. The van der Waals surface area contributed by atoms with Crippen LogP contribution in [-0.4, -0.2) is 23.0 Å². The Morgan fingerprint density at radius 2 is 1.47 bits per heavy atom. The third-order valence-electron chi connectivity index (χ3n) is 5.54. The van der Waals surface area contributed by atoms with Gasteiger partial charge in [0, 0.05) is 17.5 Å². The largest absolute Gasteiger partial charge is 0.268 e. The van der Waals surface area contributed by atoms with Crippen molar-refractivity contribution < 1.29 is 8.78 Å². The van der Waals surface area contributed by atoms with Gasteiger partial charge in [0.15, 0.2) is 0 Å². The molecule has 0 aromatic heterocycles. The van der Waals surface area contributed by atoms with Gasteiger partial charge in [0.25, 0.3) is 5.92 Å². The monoisotopic (exact) mass is 274 g/mol. The molecular weight excluding hydrogens is 246 g/mol. The van der Waals surface area contributed by atoms with Crippen molar-refractivity contribution in [1.29, 1.82) is 0 Å². The molecule has 2 nitrogen and oxygen atoms in total. The van der Waals surface area contributed by atoms with E-state index in [1.165, 1.54) is 32.1 Å². The number of rotatable bonds is 3. The van der Waals surface area contributed by atoms with Gasteiger partial charge in [0.1, 0.15) is 0 Å². The lowest BCUT2D eigenvalue weighted by atomic mass is 9.70. The summed E-state index contributed by atoms with van der Waals surface area (Å²) in [5, 5.41) is 2.01. The average molecular weight is 274 g/mol. The lowest BCUT2D eigenvalue weighted by Crippen LogP contribution is -2.52. The van der Waals surface area contributed by atoms with E-state index in [0.29, 0.717) is 24.9 Å². The van der Waals surface area contributed by atoms with Crippen LogP contribution in [0.1, 0.15) is 71.6 Å². The molecule has 0 aromatic carbocycles. The van der Waals surface area contributed by atoms with Crippen molar-refractivity contribution in [2.45, 2.75) is 89.6 Å². The van der Waals surface area contributed by atoms with Crippen LogP contribution in [0.25, 0.3) is 0 Å². The standard InChI is InChI=1S/C15H28F2N2/c1-14(15(2,16)17)10-8-13(9-11-14)19(18)12-6-4-3-5-7-12/h12-13H,3-11,18H2,1-2H3. The zero-order valence-corrected chi connectivity index (χ0v) is 12.3. The van der Waals surface area contributed by atoms with Crippen LogP contribution in [0.3, 0.4) is 0 Å². The zero-order valence-electron chi connectivity index (χ0n) is 12.3. The summed E-state index contributed by atoms with van der Waals surface area (Å²) < 4.78 is 27.3. The summed E-state index contributed by atoms with van der Waals surface area (Å²) in [5.74, 6) is 3.69. The van der Waals surface area contributed by atoms with E-state index in [1.807, 2.05) is 5.01 Å². The fourth-order valence-electron chi connectivity index (χ4n) is 3.65. The van der Waals surface area contributed by atoms with Gasteiger partial charge in [-0.05, 0) is 45.4 Å². The van der Waals surface area contributed by atoms with E-state index >= 15 is 0 Å². The molecule has 2 saturated carbocycles. The minimum atomic E-state index is -2.58. The molecule has 2 N–H and O–H groups in total. The van der Waals surface area contributed by atoms with Crippen molar-refractivity contribution in [2.75, 3.05) is 0 Å². The highest BCUT2D eigenvalue weighted by atomic mass is 19.3. The predicted octanol–water partition coefficient (Wildman–Crippen LogP) is 4.10. The molecular formula is C15H28F2N2. The maximum absolute atomic E-state index is 13.6. The smallest absolute Gasteiger partial charge is 0.250 e. The quantitative estimate of drug-likeness (QED) is 0.620. The summed E-state index contributed by atoms with van der Waals surface area (Å²) in [7, 11) is 0. The molecule has 112 valence electrons. The minimum Gasteiger partial charge on any atom is -0.268 e. The molecule has 4 heteroatoms. The van der Waals surface area contributed by atoms with Crippen LogP contribution >= 0.6 is 0 Å². The Hall–Kier alpha value is -0.220. The molecule has 0 heterocycles. The highest BCUT2D eigenvalue weighted by molar-refractivity contribution is 4.93. The Balaban J connectivity index is 1.89. The first-order valence-electron chi connectivity index (χ1n) is 7.74. The highest BCUT2D eigenvalue weighted by Gasteiger charge is 2.48. The van der Waals surface area contributed by atoms with Crippen LogP contribution in [0.5, 0.6) is 0 Å². The van der Waals surface area contributed by atoms with Gasteiger partial charge in [-0.3, -0.25) is 5.84 Å². The van der Waals surface area contributed by atoms with Gasteiger partial charge in [0.2, 0.25) is 0 Å². The van der Waals surface area contributed by atoms with E-state index < -0.39 is 11.3 Å². The Kier molecular flexibility index (Phi) is 4.51. The van der Waals surface area contributed by atoms with E-state index in [4.69, 9.17) is 5.84 Å². The molecule has 0 aliphatic heterocycles. The Bertz CT molecular complexity index is 287. The van der Waals surface area contributed by atoms with Crippen LogP contribution < -0.4 is 5.84 Å². The summed E-state index contributed by atoms with van der Waals surface area (Å²) >= 11 is 0. The lowest BCUT2D eigenvalue weighted by molar-refractivity contribution is -0.124. The van der Waals surface area contributed by atoms with Gasteiger partial charge in [-0.15, -0.1) is 0 Å². The van der Waals surface area contributed by atoms with Gasteiger partial charge in [-0.2, -0.15) is 0 Å². The molecule has 19 heavy (non-hydrogen) atoms. The van der Waals surface area contributed by atoms with Crippen LogP contribution in [0.4, 0.5) is 8.78 Å². The second-order valence-electron chi connectivity index (χ2n) is 6.92. The summed E-state index contributed by atoms with van der Waals surface area (Å²) in [4.78, 5) is 0. The van der Waals surface area contributed by atoms with Crippen LogP contribution in [0, 0.1) is 5.41 Å². The third kappa shape index (κ3) is 3.27. The molecule has 2 aliphatic rings. The first kappa shape index (κ1) is 15.2. The molecule has 0 saturated heterocycles. The minimum absolute atomic E-state index is 0.304. The van der Waals surface area contributed by atoms with Crippen molar-refractivity contribution in [3.63, 3.8) is 0 Å². The maximum atomic E-state index is 13.6. The van der Waals surface area contributed by atoms with Crippen LogP contribution in [-0.2, 0) is 0 Å². The van der Waals surface area contributed by atoms with Crippen LogP contribution in [0.15, 0.2) is 0 Å². The zero-order chi connectivity index (χ0) is 14.1.